The lowest BCUT2D eigenvalue weighted by Gasteiger charge is -2.31. The van der Waals surface area contributed by atoms with Gasteiger partial charge < -0.3 is 10.4 Å². The van der Waals surface area contributed by atoms with Crippen LogP contribution in [-0.4, -0.2) is 23.2 Å². The molecular formula is C16H21F2NO2. The van der Waals surface area contributed by atoms with Gasteiger partial charge >= 0.3 is 0 Å². The summed E-state index contributed by atoms with van der Waals surface area (Å²) in [7, 11) is 0. The summed E-state index contributed by atoms with van der Waals surface area (Å²) in [6.45, 7) is 0.303. The van der Waals surface area contributed by atoms with Crippen molar-refractivity contribution in [1.82, 2.24) is 5.32 Å². The van der Waals surface area contributed by atoms with Crippen LogP contribution in [0.15, 0.2) is 18.2 Å². The zero-order valence-corrected chi connectivity index (χ0v) is 12.0. The number of amides is 1. The third-order valence-corrected chi connectivity index (χ3v) is 3.93. The second-order valence-corrected chi connectivity index (χ2v) is 5.84. The van der Waals surface area contributed by atoms with Crippen LogP contribution in [0.1, 0.15) is 44.1 Å². The van der Waals surface area contributed by atoms with Gasteiger partial charge in [0.15, 0.2) is 0 Å². The fraction of sp³-hybridized carbons (Fsp3) is 0.562. The van der Waals surface area contributed by atoms with Crippen LogP contribution in [-0.2, 0) is 11.2 Å². The fourth-order valence-electron chi connectivity index (χ4n) is 2.85. The number of aliphatic hydroxyl groups is 1. The monoisotopic (exact) mass is 297 g/mol. The predicted molar refractivity (Wildman–Crippen MR) is 75.7 cm³/mol. The van der Waals surface area contributed by atoms with Crippen LogP contribution >= 0.6 is 0 Å². The maximum absolute atomic E-state index is 13.0. The molecule has 1 aromatic carbocycles. The van der Waals surface area contributed by atoms with Gasteiger partial charge in [-0.05, 0) is 37.0 Å². The molecule has 0 bridgehead atoms. The molecule has 21 heavy (non-hydrogen) atoms. The second kappa shape index (κ2) is 6.98. The van der Waals surface area contributed by atoms with Crippen molar-refractivity contribution < 1.29 is 18.7 Å². The number of rotatable bonds is 5. The third-order valence-electron chi connectivity index (χ3n) is 3.93. The van der Waals surface area contributed by atoms with Gasteiger partial charge in [-0.3, -0.25) is 4.79 Å². The van der Waals surface area contributed by atoms with Crippen molar-refractivity contribution in [3.8, 4) is 0 Å². The first kappa shape index (κ1) is 15.9. The number of carbonyl (C=O) groups is 1. The Hall–Kier alpha value is -1.49. The Morgan fingerprint density at radius 2 is 1.76 bits per heavy atom. The number of halogens is 2. The third kappa shape index (κ3) is 5.08. The molecule has 3 nitrogen and oxygen atoms in total. The highest BCUT2D eigenvalue weighted by molar-refractivity contribution is 5.77. The average Bonchev–Trinajstić information content (AvgIpc) is 2.37. The lowest BCUT2D eigenvalue weighted by Crippen LogP contribution is -2.38. The smallest absolute Gasteiger partial charge is 0.222 e. The quantitative estimate of drug-likeness (QED) is 0.878. The summed E-state index contributed by atoms with van der Waals surface area (Å²) in [5.74, 6) is -1.45. The highest BCUT2D eigenvalue weighted by atomic mass is 19.1. The molecule has 0 aliphatic heterocycles. The Morgan fingerprint density at radius 1 is 1.14 bits per heavy atom. The Bertz CT molecular complexity index is 479. The summed E-state index contributed by atoms with van der Waals surface area (Å²) in [5.41, 5.74) is -0.378. The van der Waals surface area contributed by atoms with Crippen molar-refractivity contribution in [2.24, 2.45) is 0 Å². The van der Waals surface area contributed by atoms with Crippen LogP contribution in [0.3, 0.4) is 0 Å². The van der Waals surface area contributed by atoms with E-state index < -0.39 is 17.2 Å². The molecular weight excluding hydrogens is 276 g/mol. The molecule has 0 aromatic heterocycles. The number of carbonyl (C=O) groups excluding carboxylic acids is 1. The number of nitrogens with one attached hydrogen (secondary N) is 1. The van der Waals surface area contributed by atoms with E-state index in [4.69, 9.17) is 0 Å². The summed E-state index contributed by atoms with van der Waals surface area (Å²) >= 11 is 0. The molecule has 1 saturated carbocycles. The van der Waals surface area contributed by atoms with E-state index in [9.17, 15) is 18.7 Å². The van der Waals surface area contributed by atoms with Crippen LogP contribution in [0, 0.1) is 11.6 Å². The van der Waals surface area contributed by atoms with Crippen LogP contribution in [0.5, 0.6) is 0 Å². The lowest BCUT2D eigenvalue weighted by molar-refractivity contribution is -0.127. The van der Waals surface area contributed by atoms with Crippen molar-refractivity contribution in [2.75, 3.05) is 6.54 Å². The molecule has 2 rings (SSSR count). The van der Waals surface area contributed by atoms with E-state index in [1.165, 1.54) is 12.1 Å². The normalized spacial score (nSPS) is 17.5. The summed E-state index contributed by atoms with van der Waals surface area (Å²) < 4.78 is 26.0. The first-order valence-electron chi connectivity index (χ1n) is 7.41. The molecule has 116 valence electrons. The maximum Gasteiger partial charge on any atom is 0.222 e. The summed E-state index contributed by atoms with van der Waals surface area (Å²) in [6, 6.07) is 3.33. The molecule has 1 aliphatic rings. The summed E-state index contributed by atoms with van der Waals surface area (Å²) in [5, 5.41) is 13.0. The highest BCUT2D eigenvalue weighted by Crippen LogP contribution is 2.30. The Balaban J connectivity index is 1.76. The van der Waals surface area contributed by atoms with Crippen LogP contribution in [0.25, 0.3) is 0 Å². The molecule has 5 heteroatoms. The minimum Gasteiger partial charge on any atom is -0.389 e. The minimum absolute atomic E-state index is 0.102. The second-order valence-electron chi connectivity index (χ2n) is 5.84. The van der Waals surface area contributed by atoms with Gasteiger partial charge in [0.2, 0.25) is 5.91 Å². The van der Waals surface area contributed by atoms with Crippen molar-refractivity contribution in [1.29, 1.82) is 0 Å². The molecule has 2 N–H and O–H groups in total. The van der Waals surface area contributed by atoms with E-state index in [1.807, 2.05) is 0 Å². The van der Waals surface area contributed by atoms with Crippen LogP contribution in [0.2, 0.25) is 0 Å². The van der Waals surface area contributed by atoms with E-state index in [0.29, 0.717) is 31.4 Å². The standard InChI is InChI=1S/C16H21F2NO2/c17-13-8-12(9-14(18)10-13)4-7-19-15(20)11-16(21)5-2-1-3-6-16/h8-10,21H,1-7,11H2,(H,19,20). The molecule has 0 saturated heterocycles. The largest absolute Gasteiger partial charge is 0.389 e. The van der Waals surface area contributed by atoms with Gasteiger partial charge in [0.25, 0.3) is 0 Å². The van der Waals surface area contributed by atoms with Gasteiger partial charge in [-0.2, -0.15) is 0 Å². The molecule has 1 amide bonds. The summed E-state index contributed by atoms with van der Waals surface area (Å²) in [6.07, 6.45) is 4.79. The molecule has 0 atom stereocenters. The molecule has 0 radical (unpaired) electrons. The molecule has 1 aliphatic carbocycles. The molecule has 0 spiro atoms. The minimum atomic E-state index is -0.882. The van der Waals surface area contributed by atoms with Crippen molar-refractivity contribution in [2.45, 2.75) is 50.5 Å². The average molecular weight is 297 g/mol. The maximum atomic E-state index is 13.0. The van der Waals surface area contributed by atoms with Gasteiger partial charge in [0.05, 0.1) is 12.0 Å². The lowest BCUT2D eigenvalue weighted by atomic mass is 9.82. The van der Waals surface area contributed by atoms with Gasteiger partial charge in [-0.15, -0.1) is 0 Å². The topological polar surface area (TPSA) is 49.3 Å². The zero-order chi connectivity index (χ0) is 15.3. The molecule has 1 aromatic rings. The van der Waals surface area contributed by atoms with Crippen molar-refractivity contribution in [3.05, 3.63) is 35.4 Å². The van der Waals surface area contributed by atoms with Gasteiger partial charge in [-0.25, -0.2) is 8.78 Å². The van der Waals surface area contributed by atoms with E-state index in [-0.39, 0.29) is 12.3 Å². The zero-order valence-electron chi connectivity index (χ0n) is 12.0. The highest BCUT2D eigenvalue weighted by Gasteiger charge is 2.31. The van der Waals surface area contributed by atoms with Crippen molar-refractivity contribution >= 4 is 5.91 Å². The Kier molecular flexibility index (Phi) is 5.28. The molecule has 1 fully saturated rings. The molecule has 0 heterocycles. The number of hydrogen-bond donors (Lipinski definition) is 2. The van der Waals surface area contributed by atoms with Crippen molar-refractivity contribution in [3.63, 3.8) is 0 Å². The molecule has 0 unspecified atom stereocenters. The summed E-state index contributed by atoms with van der Waals surface area (Å²) in [4.78, 5) is 11.8. The first-order chi connectivity index (χ1) is 9.97. The number of hydrogen-bond acceptors (Lipinski definition) is 2. The predicted octanol–water partition coefficient (Wildman–Crippen LogP) is 2.71. The Labute approximate surface area is 123 Å². The van der Waals surface area contributed by atoms with Gasteiger partial charge in [0, 0.05) is 12.6 Å². The van der Waals surface area contributed by atoms with E-state index in [2.05, 4.69) is 5.32 Å². The van der Waals surface area contributed by atoms with Gasteiger partial charge in [0.1, 0.15) is 11.6 Å². The van der Waals surface area contributed by atoms with E-state index in [1.54, 1.807) is 0 Å². The van der Waals surface area contributed by atoms with Crippen LogP contribution in [0.4, 0.5) is 8.78 Å². The fourth-order valence-corrected chi connectivity index (χ4v) is 2.85. The first-order valence-corrected chi connectivity index (χ1v) is 7.41. The Morgan fingerprint density at radius 3 is 2.38 bits per heavy atom. The van der Waals surface area contributed by atoms with Gasteiger partial charge in [-0.1, -0.05) is 19.3 Å². The number of benzene rings is 1. The van der Waals surface area contributed by atoms with E-state index >= 15 is 0 Å². The van der Waals surface area contributed by atoms with Crippen LogP contribution < -0.4 is 5.32 Å². The van der Waals surface area contributed by atoms with E-state index in [0.717, 1.165) is 25.3 Å². The SMILES string of the molecule is O=C(CC1(O)CCCCC1)NCCc1cc(F)cc(F)c1.